The summed E-state index contributed by atoms with van der Waals surface area (Å²) in [5.74, 6) is 0. The quantitative estimate of drug-likeness (QED) is 0.376. The number of nitrogens with zero attached hydrogens (tertiary/aromatic N) is 1. The molecule has 0 aliphatic rings. The van der Waals surface area contributed by atoms with E-state index in [0.29, 0.717) is 13.1 Å². The van der Waals surface area contributed by atoms with Gasteiger partial charge in [-0.05, 0) is 0 Å². The first-order valence-corrected chi connectivity index (χ1v) is 5.28. The van der Waals surface area contributed by atoms with E-state index in [1.165, 1.54) is 0 Å². The van der Waals surface area contributed by atoms with Crippen LogP contribution in [0.5, 0.6) is 0 Å². The van der Waals surface area contributed by atoms with E-state index in [4.69, 9.17) is 9.79 Å². The van der Waals surface area contributed by atoms with E-state index in [0.717, 1.165) is 0 Å². The Morgan fingerprint density at radius 1 is 1.23 bits per heavy atom. The summed E-state index contributed by atoms with van der Waals surface area (Å²) >= 11 is 0. The maximum absolute atomic E-state index is 10.6. The van der Waals surface area contributed by atoms with E-state index in [-0.39, 0.29) is 35.8 Å². The molecule has 0 radical (unpaired) electrons. The summed E-state index contributed by atoms with van der Waals surface area (Å²) in [7, 11) is -3.95. The van der Waals surface area contributed by atoms with E-state index < -0.39 is 7.60 Å². The van der Waals surface area contributed by atoms with Gasteiger partial charge in [0, 0.05) is 13.1 Å². The molecule has 6 heteroatoms. The summed E-state index contributed by atoms with van der Waals surface area (Å²) in [4.78, 5) is 18.9. The molecule has 0 aliphatic carbocycles. The Morgan fingerprint density at radius 2 is 1.62 bits per heavy atom. The molecule has 0 aliphatic heterocycles. The normalized spacial score (nSPS) is 10.7. The predicted octanol–water partition coefficient (Wildman–Crippen LogP) is 0.147. The van der Waals surface area contributed by atoms with E-state index in [1.54, 1.807) is 17.1 Å². The standard InChI is InChI=1S/C7H14NO3P.Na.H/c1-3-5-8(6-4-2)7-12(9,10)11;;/h3-4H,1-2,5-7H2,(H2,9,10,11);;. The van der Waals surface area contributed by atoms with E-state index in [1.807, 2.05) is 0 Å². The third kappa shape index (κ3) is 10.5. The Hall–Kier alpha value is 0.590. The number of hydrogen-bond acceptors (Lipinski definition) is 2. The molecule has 0 unspecified atom stereocenters. The summed E-state index contributed by atoms with van der Waals surface area (Å²) in [5, 5.41) is 0. The minimum atomic E-state index is -3.95. The van der Waals surface area contributed by atoms with Crippen molar-refractivity contribution in [3.05, 3.63) is 25.3 Å². The first-order valence-electron chi connectivity index (χ1n) is 3.48. The van der Waals surface area contributed by atoms with Gasteiger partial charge in [0.15, 0.2) is 0 Å². The van der Waals surface area contributed by atoms with Gasteiger partial charge in [-0.15, -0.1) is 13.2 Å². The van der Waals surface area contributed by atoms with Gasteiger partial charge in [0.1, 0.15) is 6.29 Å². The van der Waals surface area contributed by atoms with Gasteiger partial charge in [-0.2, -0.15) is 0 Å². The Bertz CT molecular complexity index is 194. The van der Waals surface area contributed by atoms with Crippen LogP contribution in [0, 0.1) is 0 Å². The van der Waals surface area contributed by atoms with Crippen LogP contribution >= 0.6 is 7.60 Å². The SMILES string of the molecule is C=CCN(CC=C)CP(=O)(O)O.[NaH]. The zero-order valence-corrected chi connectivity index (χ0v) is 7.78. The van der Waals surface area contributed by atoms with E-state index >= 15 is 0 Å². The number of hydrogen-bond donors (Lipinski definition) is 2. The molecule has 13 heavy (non-hydrogen) atoms. The van der Waals surface area contributed by atoms with Crippen LogP contribution in [0.3, 0.4) is 0 Å². The molecule has 0 fully saturated rings. The summed E-state index contributed by atoms with van der Waals surface area (Å²) < 4.78 is 10.6. The van der Waals surface area contributed by atoms with Gasteiger partial charge < -0.3 is 9.79 Å². The Kier molecular flexibility index (Phi) is 9.80. The molecule has 0 aromatic heterocycles. The van der Waals surface area contributed by atoms with Gasteiger partial charge in [-0.1, -0.05) is 12.2 Å². The fraction of sp³-hybridized carbons (Fsp3) is 0.429. The molecule has 0 rings (SSSR count). The van der Waals surface area contributed by atoms with Gasteiger partial charge in [0.25, 0.3) is 0 Å². The Balaban J connectivity index is 0. The number of rotatable bonds is 6. The van der Waals surface area contributed by atoms with Crippen molar-refractivity contribution in [3.63, 3.8) is 0 Å². The monoisotopic (exact) mass is 215 g/mol. The topological polar surface area (TPSA) is 60.8 Å². The fourth-order valence-electron chi connectivity index (χ4n) is 0.816. The molecule has 2 N–H and O–H groups in total. The van der Waals surface area contributed by atoms with Crippen molar-refractivity contribution >= 4 is 37.2 Å². The van der Waals surface area contributed by atoms with Crippen molar-refractivity contribution in [2.45, 2.75) is 0 Å². The van der Waals surface area contributed by atoms with Crippen LogP contribution in [-0.2, 0) is 4.57 Å². The molecule has 4 nitrogen and oxygen atoms in total. The summed E-state index contributed by atoms with van der Waals surface area (Å²) in [6.07, 6.45) is 2.95. The Morgan fingerprint density at radius 3 is 1.85 bits per heavy atom. The van der Waals surface area contributed by atoms with E-state index in [2.05, 4.69) is 13.2 Å². The van der Waals surface area contributed by atoms with Crippen molar-refractivity contribution in [1.82, 2.24) is 4.90 Å². The average molecular weight is 215 g/mol. The van der Waals surface area contributed by atoms with Crippen LogP contribution in [0.15, 0.2) is 25.3 Å². The van der Waals surface area contributed by atoms with Crippen molar-refractivity contribution < 1.29 is 14.4 Å². The third-order valence-corrected chi connectivity index (χ3v) is 1.93. The molecule has 0 bridgehead atoms. The Labute approximate surface area is 101 Å². The van der Waals surface area contributed by atoms with Crippen LogP contribution in [-0.4, -0.2) is 63.6 Å². The van der Waals surface area contributed by atoms with Gasteiger partial charge >= 0.3 is 37.2 Å². The maximum atomic E-state index is 10.6. The zero-order chi connectivity index (χ0) is 9.61. The van der Waals surface area contributed by atoms with Gasteiger partial charge in [0.2, 0.25) is 0 Å². The third-order valence-electron chi connectivity index (χ3n) is 1.16. The van der Waals surface area contributed by atoms with Crippen molar-refractivity contribution in [1.29, 1.82) is 0 Å². The molecule has 0 saturated heterocycles. The molecule has 0 aromatic carbocycles. The zero-order valence-electron chi connectivity index (χ0n) is 6.89. The van der Waals surface area contributed by atoms with Crippen LogP contribution < -0.4 is 0 Å². The molecule has 0 atom stereocenters. The van der Waals surface area contributed by atoms with Crippen LogP contribution in [0.2, 0.25) is 0 Å². The molecule has 0 saturated carbocycles. The summed E-state index contributed by atoms with van der Waals surface area (Å²) in [6, 6.07) is 0. The molecule has 0 amide bonds. The van der Waals surface area contributed by atoms with E-state index in [9.17, 15) is 4.57 Å². The van der Waals surface area contributed by atoms with Crippen molar-refractivity contribution in [2.24, 2.45) is 0 Å². The summed E-state index contributed by atoms with van der Waals surface area (Å²) in [5.41, 5.74) is 0. The predicted molar refractivity (Wildman–Crippen MR) is 56.0 cm³/mol. The van der Waals surface area contributed by atoms with Crippen LogP contribution in [0.4, 0.5) is 0 Å². The van der Waals surface area contributed by atoms with Gasteiger partial charge in [-0.3, -0.25) is 9.46 Å². The molecular weight excluding hydrogens is 200 g/mol. The second-order valence-corrected chi connectivity index (χ2v) is 4.03. The minimum absolute atomic E-state index is 0. The van der Waals surface area contributed by atoms with Gasteiger partial charge in [0.05, 0.1) is 0 Å². The summed E-state index contributed by atoms with van der Waals surface area (Å²) in [6.45, 7) is 7.88. The molecular formula is C7H15NNaO3P. The fourth-order valence-corrected chi connectivity index (χ4v) is 1.57. The van der Waals surface area contributed by atoms with Crippen molar-refractivity contribution in [2.75, 3.05) is 19.4 Å². The molecule has 0 aromatic rings. The first-order chi connectivity index (χ1) is 5.49. The molecule has 0 spiro atoms. The van der Waals surface area contributed by atoms with Gasteiger partial charge in [-0.25, -0.2) is 0 Å². The second kappa shape index (κ2) is 7.94. The van der Waals surface area contributed by atoms with Crippen LogP contribution in [0.1, 0.15) is 0 Å². The molecule has 72 valence electrons. The van der Waals surface area contributed by atoms with Crippen molar-refractivity contribution in [3.8, 4) is 0 Å². The molecule has 0 heterocycles. The average Bonchev–Trinajstić information content (AvgIpc) is 1.84. The second-order valence-electron chi connectivity index (χ2n) is 2.42. The van der Waals surface area contributed by atoms with Crippen LogP contribution in [0.25, 0.3) is 0 Å². The first kappa shape index (κ1) is 16.0.